The fourth-order valence-electron chi connectivity index (χ4n) is 3.42. The molecular formula is C25H21ClN2O3. The molecule has 0 spiro atoms. The minimum Gasteiger partial charge on any atom is -0.494 e. The summed E-state index contributed by atoms with van der Waals surface area (Å²) in [4.78, 5) is 28.1. The van der Waals surface area contributed by atoms with Gasteiger partial charge in [0.1, 0.15) is 11.4 Å². The van der Waals surface area contributed by atoms with Crippen LogP contribution in [0.25, 0.3) is 5.57 Å². The van der Waals surface area contributed by atoms with Crippen molar-refractivity contribution < 1.29 is 14.3 Å². The molecule has 0 aliphatic carbocycles. The smallest absolute Gasteiger partial charge is 0.282 e. The molecule has 1 N–H and O–H groups in total. The van der Waals surface area contributed by atoms with E-state index in [-0.39, 0.29) is 5.70 Å². The van der Waals surface area contributed by atoms with E-state index in [0.29, 0.717) is 34.2 Å². The van der Waals surface area contributed by atoms with Crippen molar-refractivity contribution >= 4 is 40.4 Å². The molecule has 1 aliphatic rings. The molecule has 31 heavy (non-hydrogen) atoms. The third kappa shape index (κ3) is 4.18. The first-order valence-electron chi connectivity index (χ1n) is 9.93. The lowest BCUT2D eigenvalue weighted by atomic mass is 10.0. The zero-order valence-corrected chi connectivity index (χ0v) is 17.9. The van der Waals surface area contributed by atoms with Crippen LogP contribution in [0.1, 0.15) is 18.1 Å². The Morgan fingerprint density at radius 1 is 0.935 bits per heavy atom. The second-order valence-electron chi connectivity index (χ2n) is 7.12. The van der Waals surface area contributed by atoms with Gasteiger partial charge in [-0.3, -0.25) is 9.59 Å². The average molecular weight is 433 g/mol. The van der Waals surface area contributed by atoms with Crippen molar-refractivity contribution in [1.82, 2.24) is 0 Å². The Labute approximate surface area is 185 Å². The Bertz CT molecular complexity index is 1170. The number of imide groups is 1. The van der Waals surface area contributed by atoms with Crippen molar-refractivity contribution in [2.45, 2.75) is 13.8 Å². The first-order valence-corrected chi connectivity index (χ1v) is 10.3. The fourth-order valence-corrected chi connectivity index (χ4v) is 3.55. The summed E-state index contributed by atoms with van der Waals surface area (Å²) in [7, 11) is 0. The molecule has 0 radical (unpaired) electrons. The molecule has 0 unspecified atom stereocenters. The van der Waals surface area contributed by atoms with E-state index in [1.165, 1.54) is 4.90 Å². The van der Waals surface area contributed by atoms with Gasteiger partial charge in [0.2, 0.25) is 0 Å². The number of hydrogen-bond donors (Lipinski definition) is 1. The molecule has 5 nitrogen and oxygen atoms in total. The molecule has 156 valence electrons. The van der Waals surface area contributed by atoms with Crippen LogP contribution in [0.2, 0.25) is 5.02 Å². The number of halogens is 1. The Balaban J connectivity index is 1.79. The molecule has 2 amide bonds. The molecule has 0 atom stereocenters. The van der Waals surface area contributed by atoms with Gasteiger partial charge in [-0.15, -0.1) is 0 Å². The van der Waals surface area contributed by atoms with Gasteiger partial charge in [-0.05, 0) is 55.8 Å². The maximum atomic E-state index is 13.5. The van der Waals surface area contributed by atoms with Crippen molar-refractivity contribution in [2.75, 3.05) is 16.8 Å². The predicted molar refractivity (Wildman–Crippen MR) is 123 cm³/mol. The summed E-state index contributed by atoms with van der Waals surface area (Å²) in [6, 6.07) is 21.4. The van der Waals surface area contributed by atoms with E-state index in [0.717, 1.165) is 11.3 Å². The standard InChI is InChI=1S/C25H21ClN2O3/c1-3-31-21-6-4-5-20(15-21)28-24(29)22(17-9-11-18(26)12-10-17)23(25(28)30)27-19-13-7-16(2)8-14-19/h4-15,27H,3H2,1-2H3. The Hall–Kier alpha value is -3.57. The van der Waals surface area contributed by atoms with Crippen LogP contribution in [0.5, 0.6) is 5.75 Å². The number of amides is 2. The highest BCUT2D eigenvalue weighted by molar-refractivity contribution is 6.46. The molecule has 0 aromatic heterocycles. The van der Waals surface area contributed by atoms with E-state index in [2.05, 4.69) is 5.32 Å². The molecule has 3 aromatic carbocycles. The van der Waals surface area contributed by atoms with Crippen molar-refractivity contribution in [3.63, 3.8) is 0 Å². The fraction of sp³-hybridized carbons (Fsp3) is 0.120. The third-order valence-electron chi connectivity index (χ3n) is 4.92. The van der Waals surface area contributed by atoms with Crippen molar-refractivity contribution in [3.05, 3.63) is 94.6 Å². The number of hydrogen-bond acceptors (Lipinski definition) is 4. The average Bonchev–Trinajstić information content (AvgIpc) is 3.00. The normalized spacial score (nSPS) is 13.7. The van der Waals surface area contributed by atoms with Crippen LogP contribution in [0, 0.1) is 6.92 Å². The van der Waals surface area contributed by atoms with Crippen LogP contribution >= 0.6 is 11.6 Å². The second-order valence-corrected chi connectivity index (χ2v) is 7.56. The van der Waals surface area contributed by atoms with Crippen LogP contribution in [-0.4, -0.2) is 18.4 Å². The Kier molecular flexibility index (Phi) is 5.78. The lowest BCUT2D eigenvalue weighted by Crippen LogP contribution is -2.32. The van der Waals surface area contributed by atoms with E-state index in [9.17, 15) is 9.59 Å². The van der Waals surface area contributed by atoms with E-state index in [1.54, 1.807) is 48.5 Å². The molecule has 6 heteroatoms. The van der Waals surface area contributed by atoms with E-state index < -0.39 is 11.8 Å². The zero-order valence-electron chi connectivity index (χ0n) is 17.2. The van der Waals surface area contributed by atoms with Crippen LogP contribution in [0.4, 0.5) is 11.4 Å². The number of nitrogens with zero attached hydrogens (tertiary/aromatic N) is 1. The van der Waals surface area contributed by atoms with Gasteiger partial charge >= 0.3 is 0 Å². The predicted octanol–water partition coefficient (Wildman–Crippen LogP) is 5.44. The quantitative estimate of drug-likeness (QED) is 0.526. The Morgan fingerprint density at radius 2 is 1.65 bits per heavy atom. The van der Waals surface area contributed by atoms with Gasteiger partial charge in [-0.1, -0.05) is 47.5 Å². The van der Waals surface area contributed by atoms with Crippen LogP contribution in [-0.2, 0) is 9.59 Å². The Morgan fingerprint density at radius 3 is 2.32 bits per heavy atom. The highest BCUT2D eigenvalue weighted by Gasteiger charge is 2.40. The van der Waals surface area contributed by atoms with E-state index >= 15 is 0 Å². The van der Waals surface area contributed by atoms with Crippen LogP contribution in [0.3, 0.4) is 0 Å². The highest BCUT2D eigenvalue weighted by atomic mass is 35.5. The third-order valence-corrected chi connectivity index (χ3v) is 5.18. The molecule has 0 bridgehead atoms. The lowest BCUT2D eigenvalue weighted by molar-refractivity contribution is -0.120. The molecular weight excluding hydrogens is 412 g/mol. The SMILES string of the molecule is CCOc1cccc(N2C(=O)C(Nc3ccc(C)cc3)=C(c3ccc(Cl)cc3)C2=O)c1. The summed E-state index contributed by atoms with van der Waals surface area (Å²) in [5.41, 5.74) is 3.40. The second kappa shape index (κ2) is 8.66. The molecule has 3 aromatic rings. The molecule has 0 fully saturated rings. The number of anilines is 2. The largest absolute Gasteiger partial charge is 0.494 e. The summed E-state index contributed by atoms with van der Waals surface area (Å²) < 4.78 is 5.54. The monoisotopic (exact) mass is 432 g/mol. The van der Waals surface area contributed by atoms with Crippen LogP contribution in [0.15, 0.2) is 78.5 Å². The van der Waals surface area contributed by atoms with E-state index in [1.807, 2.05) is 38.1 Å². The minimum atomic E-state index is -0.427. The summed E-state index contributed by atoms with van der Waals surface area (Å²) in [5, 5.41) is 3.71. The van der Waals surface area contributed by atoms with Gasteiger partial charge in [0.25, 0.3) is 11.8 Å². The topological polar surface area (TPSA) is 58.6 Å². The summed E-state index contributed by atoms with van der Waals surface area (Å²) >= 11 is 6.03. The van der Waals surface area contributed by atoms with Gasteiger partial charge < -0.3 is 10.1 Å². The van der Waals surface area contributed by atoms with Crippen molar-refractivity contribution in [2.24, 2.45) is 0 Å². The molecule has 0 saturated carbocycles. The maximum absolute atomic E-state index is 13.5. The maximum Gasteiger partial charge on any atom is 0.282 e. The number of carbonyl (C=O) groups excluding carboxylic acids is 2. The number of nitrogens with one attached hydrogen (secondary N) is 1. The van der Waals surface area contributed by atoms with Gasteiger partial charge in [-0.2, -0.15) is 0 Å². The zero-order chi connectivity index (χ0) is 22.0. The number of rotatable bonds is 6. The van der Waals surface area contributed by atoms with Gasteiger partial charge in [0.05, 0.1) is 17.9 Å². The van der Waals surface area contributed by atoms with E-state index in [4.69, 9.17) is 16.3 Å². The lowest BCUT2D eigenvalue weighted by Gasteiger charge is -2.16. The van der Waals surface area contributed by atoms with Crippen LogP contribution < -0.4 is 15.0 Å². The van der Waals surface area contributed by atoms with Gasteiger partial charge in [0, 0.05) is 16.8 Å². The highest BCUT2D eigenvalue weighted by Crippen LogP contribution is 2.35. The summed E-state index contributed by atoms with van der Waals surface area (Å²) in [6.45, 7) is 4.35. The van der Waals surface area contributed by atoms with Crippen molar-refractivity contribution in [1.29, 1.82) is 0 Å². The molecule has 1 aliphatic heterocycles. The van der Waals surface area contributed by atoms with Crippen molar-refractivity contribution in [3.8, 4) is 5.75 Å². The summed E-state index contributed by atoms with van der Waals surface area (Å²) in [5.74, 6) is -0.242. The molecule has 4 rings (SSSR count). The number of benzene rings is 3. The first kappa shape index (κ1) is 20.7. The number of aryl methyl sites for hydroxylation is 1. The molecule has 1 heterocycles. The van der Waals surface area contributed by atoms with Gasteiger partial charge in [-0.25, -0.2) is 4.90 Å². The number of ether oxygens (including phenoxy) is 1. The summed E-state index contributed by atoms with van der Waals surface area (Å²) in [6.07, 6.45) is 0. The molecule has 0 saturated heterocycles. The number of carbonyl (C=O) groups is 2. The first-order chi connectivity index (χ1) is 15.0. The minimum absolute atomic E-state index is 0.220. The van der Waals surface area contributed by atoms with Gasteiger partial charge in [0.15, 0.2) is 0 Å².